The van der Waals surface area contributed by atoms with Crippen molar-refractivity contribution < 1.29 is 14.6 Å². The lowest BCUT2D eigenvalue weighted by atomic mass is 10.2. The molecule has 0 unspecified atom stereocenters. The van der Waals surface area contributed by atoms with E-state index < -0.39 is 17.2 Å². The van der Waals surface area contributed by atoms with Crippen LogP contribution in [0.5, 0.6) is 11.5 Å². The van der Waals surface area contributed by atoms with Crippen LogP contribution in [0.2, 0.25) is 0 Å². The van der Waals surface area contributed by atoms with Crippen LogP contribution >= 0.6 is 27.3 Å². The molecule has 8 nitrogen and oxygen atoms in total. The molecular weight excluding hydrogens is 484 g/mol. The minimum Gasteiger partial charge on any atom is -0.505 e. The van der Waals surface area contributed by atoms with Gasteiger partial charge in [-0.2, -0.15) is 9.78 Å². The number of hydrogen-bond acceptors (Lipinski definition) is 7. The van der Waals surface area contributed by atoms with E-state index in [1.54, 1.807) is 24.3 Å². The molecule has 0 spiro atoms. The van der Waals surface area contributed by atoms with Gasteiger partial charge in [-0.3, -0.25) is 14.9 Å². The highest BCUT2D eigenvalue weighted by Crippen LogP contribution is 2.27. The number of para-hydroxylation sites is 2. The second-order valence-corrected chi connectivity index (χ2v) is 8.07. The number of aromatic hydroxyl groups is 1. The van der Waals surface area contributed by atoms with Crippen LogP contribution in [-0.2, 0) is 0 Å². The lowest BCUT2D eigenvalue weighted by Crippen LogP contribution is -2.25. The summed E-state index contributed by atoms with van der Waals surface area (Å²) >= 11 is 4.62. The summed E-state index contributed by atoms with van der Waals surface area (Å²) in [5, 5.41) is 19.0. The third-order valence-electron chi connectivity index (χ3n) is 4.30. The number of thiazole rings is 1. The predicted molar refractivity (Wildman–Crippen MR) is 121 cm³/mol. The molecule has 1 amide bonds. The maximum Gasteiger partial charge on any atom is 0.281 e. The number of amides is 1. The van der Waals surface area contributed by atoms with Crippen molar-refractivity contribution >= 4 is 38.3 Å². The Labute approximate surface area is 188 Å². The van der Waals surface area contributed by atoms with Crippen LogP contribution in [0.3, 0.4) is 0 Å². The van der Waals surface area contributed by atoms with Gasteiger partial charge in [-0.25, -0.2) is 4.98 Å². The third-order valence-corrected chi connectivity index (χ3v) is 5.59. The largest absolute Gasteiger partial charge is 0.505 e. The van der Waals surface area contributed by atoms with Crippen molar-refractivity contribution in [3.63, 3.8) is 0 Å². The number of carbonyl (C=O) groups is 1. The molecule has 4 aromatic rings. The van der Waals surface area contributed by atoms with Gasteiger partial charge >= 0.3 is 0 Å². The highest BCUT2D eigenvalue weighted by molar-refractivity contribution is 9.10. The minimum absolute atomic E-state index is 0.314. The molecule has 0 bridgehead atoms. The molecule has 2 aromatic heterocycles. The van der Waals surface area contributed by atoms with Gasteiger partial charge < -0.3 is 9.84 Å². The van der Waals surface area contributed by atoms with Crippen molar-refractivity contribution in [2.24, 2.45) is 0 Å². The topological polar surface area (TPSA) is 106 Å². The monoisotopic (exact) mass is 498 g/mol. The first-order chi connectivity index (χ1) is 15.0. The predicted octanol–water partition coefficient (Wildman–Crippen LogP) is 4.09. The molecule has 10 heteroatoms. The van der Waals surface area contributed by atoms with E-state index in [0.717, 1.165) is 20.8 Å². The van der Waals surface area contributed by atoms with Crippen LogP contribution in [0.25, 0.3) is 16.9 Å². The van der Waals surface area contributed by atoms with Crippen molar-refractivity contribution in [2.45, 2.75) is 0 Å². The second-order valence-electron chi connectivity index (χ2n) is 6.30. The third kappa shape index (κ3) is 4.35. The van der Waals surface area contributed by atoms with Gasteiger partial charge in [0.1, 0.15) is 11.4 Å². The van der Waals surface area contributed by atoms with E-state index in [9.17, 15) is 14.7 Å². The first kappa shape index (κ1) is 20.8. The molecule has 156 valence electrons. The molecule has 0 fully saturated rings. The summed E-state index contributed by atoms with van der Waals surface area (Å²) in [6, 6.07) is 15.3. The summed E-state index contributed by atoms with van der Waals surface area (Å²) in [7, 11) is 1.46. The van der Waals surface area contributed by atoms with Crippen LogP contribution in [0.15, 0.2) is 69.2 Å². The molecule has 2 aromatic carbocycles. The first-order valence-electron chi connectivity index (χ1n) is 8.96. The highest BCUT2D eigenvalue weighted by atomic mass is 79.9. The summed E-state index contributed by atoms with van der Waals surface area (Å²) < 4.78 is 7.21. The normalized spacial score (nSPS) is 10.6. The van der Waals surface area contributed by atoms with Crippen molar-refractivity contribution in [1.29, 1.82) is 0 Å². The number of carbonyl (C=O) groups excluding carboxylic acids is 1. The van der Waals surface area contributed by atoms with Gasteiger partial charge in [0.15, 0.2) is 16.6 Å². The minimum atomic E-state index is -0.696. The summed E-state index contributed by atoms with van der Waals surface area (Å²) in [6.07, 6.45) is 0. The zero-order valence-corrected chi connectivity index (χ0v) is 18.5. The maximum atomic E-state index is 12.8. The summed E-state index contributed by atoms with van der Waals surface area (Å²) in [5.41, 5.74) is 1.02. The van der Waals surface area contributed by atoms with E-state index in [4.69, 9.17) is 4.74 Å². The van der Waals surface area contributed by atoms with Gasteiger partial charge in [0.05, 0.1) is 12.8 Å². The molecule has 4 rings (SSSR count). The molecular formula is C21H15BrN4O4S. The van der Waals surface area contributed by atoms with Crippen molar-refractivity contribution in [2.75, 3.05) is 12.4 Å². The van der Waals surface area contributed by atoms with E-state index in [0.29, 0.717) is 22.3 Å². The average molecular weight is 499 g/mol. The standard InChI is InChI=1S/C21H15BrN4O4S/c1-30-17-5-3-2-4-15(17)26-18(28)10-16(27)19(25-26)20(29)24-21-23-14(11-31-21)12-6-8-13(22)9-7-12/h2-11,27H,1H3,(H,23,24,29). The number of nitrogens with zero attached hydrogens (tertiary/aromatic N) is 3. The fraction of sp³-hybridized carbons (Fsp3) is 0.0476. The van der Waals surface area contributed by atoms with E-state index in [2.05, 4.69) is 31.3 Å². The number of halogens is 1. The number of aromatic nitrogens is 3. The SMILES string of the molecule is COc1ccccc1-n1nc(C(=O)Nc2nc(-c3ccc(Br)cc3)cs2)c(O)cc1=O. The van der Waals surface area contributed by atoms with E-state index in [1.165, 1.54) is 18.4 Å². The molecule has 2 N–H and O–H groups in total. The van der Waals surface area contributed by atoms with E-state index in [1.807, 2.05) is 29.6 Å². The summed E-state index contributed by atoms with van der Waals surface area (Å²) in [5.74, 6) is -0.829. The average Bonchev–Trinajstić information content (AvgIpc) is 3.22. The Bertz CT molecular complexity index is 1320. The number of ether oxygens (including phenoxy) is 1. The Morgan fingerprint density at radius 3 is 2.68 bits per heavy atom. The molecule has 0 saturated carbocycles. The van der Waals surface area contributed by atoms with Crippen LogP contribution in [0.4, 0.5) is 5.13 Å². The van der Waals surface area contributed by atoms with Crippen LogP contribution < -0.4 is 15.6 Å². The lowest BCUT2D eigenvalue weighted by molar-refractivity contribution is 0.101. The lowest BCUT2D eigenvalue weighted by Gasteiger charge is -2.11. The number of rotatable bonds is 5. The molecule has 0 aliphatic carbocycles. The Morgan fingerprint density at radius 1 is 1.19 bits per heavy atom. The number of nitrogens with one attached hydrogen (secondary N) is 1. The summed E-state index contributed by atoms with van der Waals surface area (Å²) in [4.78, 5) is 29.5. The van der Waals surface area contributed by atoms with E-state index in [-0.39, 0.29) is 5.69 Å². The fourth-order valence-corrected chi connectivity index (χ4v) is 3.81. The maximum absolute atomic E-state index is 12.8. The molecule has 31 heavy (non-hydrogen) atoms. The Balaban J connectivity index is 1.63. The van der Waals surface area contributed by atoms with Crippen molar-refractivity contribution in [3.05, 3.63) is 80.5 Å². The second kappa shape index (κ2) is 8.70. The van der Waals surface area contributed by atoms with Gasteiger partial charge in [-0.05, 0) is 24.3 Å². The zero-order valence-electron chi connectivity index (χ0n) is 16.1. The van der Waals surface area contributed by atoms with Gasteiger partial charge in [-0.1, -0.05) is 40.2 Å². The molecule has 0 aliphatic heterocycles. The Morgan fingerprint density at radius 2 is 1.94 bits per heavy atom. The van der Waals surface area contributed by atoms with Gasteiger partial charge in [0.25, 0.3) is 11.5 Å². The zero-order chi connectivity index (χ0) is 22.0. The number of methoxy groups -OCH3 is 1. The first-order valence-corrected chi connectivity index (χ1v) is 10.6. The van der Waals surface area contributed by atoms with Crippen LogP contribution in [-0.4, -0.2) is 32.9 Å². The van der Waals surface area contributed by atoms with E-state index >= 15 is 0 Å². The molecule has 0 atom stereocenters. The molecule has 0 saturated heterocycles. The Hall–Kier alpha value is -3.50. The molecule has 0 radical (unpaired) electrons. The van der Waals surface area contributed by atoms with Crippen molar-refractivity contribution in [3.8, 4) is 28.4 Å². The van der Waals surface area contributed by atoms with Crippen molar-refractivity contribution in [1.82, 2.24) is 14.8 Å². The van der Waals surface area contributed by atoms with Gasteiger partial charge in [0.2, 0.25) is 0 Å². The fourth-order valence-electron chi connectivity index (χ4n) is 2.83. The molecule has 2 heterocycles. The van der Waals surface area contributed by atoms with Gasteiger partial charge in [0, 0.05) is 21.5 Å². The smallest absolute Gasteiger partial charge is 0.281 e. The van der Waals surface area contributed by atoms with Gasteiger partial charge in [-0.15, -0.1) is 11.3 Å². The number of benzene rings is 2. The quantitative estimate of drug-likeness (QED) is 0.429. The van der Waals surface area contributed by atoms with Crippen LogP contribution in [0.1, 0.15) is 10.5 Å². The number of hydrogen-bond donors (Lipinski definition) is 2. The Kier molecular flexibility index (Phi) is 5.83. The summed E-state index contributed by atoms with van der Waals surface area (Å²) in [6.45, 7) is 0. The van der Waals surface area contributed by atoms with Crippen LogP contribution in [0, 0.1) is 0 Å². The number of anilines is 1. The highest BCUT2D eigenvalue weighted by Gasteiger charge is 2.19. The molecule has 0 aliphatic rings.